The lowest BCUT2D eigenvalue weighted by Gasteiger charge is -2.25. The Morgan fingerprint density at radius 2 is 0.735 bits per heavy atom. The van der Waals surface area contributed by atoms with Crippen molar-refractivity contribution < 1.29 is 0 Å². The van der Waals surface area contributed by atoms with Gasteiger partial charge in [-0.25, -0.2) is 0 Å². The van der Waals surface area contributed by atoms with Gasteiger partial charge < -0.3 is 0 Å². The Bertz CT molecular complexity index is 2620. The molecule has 10 rings (SSSR count). The number of rotatable bonds is 1. The van der Waals surface area contributed by atoms with E-state index in [0.29, 0.717) is 0 Å². The number of hydrogen-bond donors (Lipinski definition) is 0. The van der Waals surface area contributed by atoms with Crippen molar-refractivity contribution in [3.63, 3.8) is 0 Å². The molecular weight excluding hydrogens is 589 g/mol. The van der Waals surface area contributed by atoms with Gasteiger partial charge in [0.2, 0.25) is 0 Å². The monoisotopic (exact) mass is 630 g/mol. The van der Waals surface area contributed by atoms with Gasteiger partial charge in [0.15, 0.2) is 0 Å². The average Bonchev–Trinajstić information content (AvgIpc) is 3.55. The fourth-order valence-corrected chi connectivity index (χ4v) is 10.0. The lowest BCUT2D eigenvalue weighted by atomic mass is 9.78. The molecule has 3 aliphatic rings. The maximum atomic E-state index is 2.58. The predicted molar refractivity (Wildman–Crippen MR) is 209 cm³/mol. The van der Waals surface area contributed by atoms with Crippen molar-refractivity contribution in [1.82, 2.24) is 0 Å². The second-order valence-corrected chi connectivity index (χ2v) is 16.7. The molecule has 0 spiro atoms. The summed E-state index contributed by atoms with van der Waals surface area (Å²) in [5, 5.41) is 5.43. The van der Waals surface area contributed by atoms with Gasteiger partial charge in [-0.2, -0.15) is 0 Å². The molecular formula is C49H42. The minimum Gasteiger partial charge on any atom is -0.0616 e. The molecule has 0 nitrogen and oxygen atoms in total. The summed E-state index contributed by atoms with van der Waals surface area (Å²) in [5.74, 6) is 0. The van der Waals surface area contributed by atoms with Gasteiger partial charge >= 0.3 is 0 Å². The van der Waals surface area contributed by atoms with E-state index in [2.05, 4.69) is 165 Å². The van der Waals surface area contributed by atoms with Crippen LogP contribution in [0.5, 0.6) is 0 Å². The molecule has 0 heterocycles. The first kappa shape index (κ1) is 29.0. The Kier molecular flexibility index (Phi) is 5.44. The summed E-state index contributed by atoms with van der Waals surface area (Å²) in [6.45, 7) is 19.1. The van der Waals surface area contributed by atoms with E-state index in [4.69, 9.17) is 0 Å². The van der Waals surface area contributed by atoms with Crippen LogP contribution in [0.4, 0.5) is 0 Å². The van der Waals surface area contributed by atoms with E-state index in [9.17, 15) is 0 Å². The van der Waals surface area contributed by atoms with E-state index in [1.165, 1.54) is 111 Å². The molecule has 0 saturated heterocycles. The Morgan fingerprint density at radius 1 is 0.347 bits per heavy atom. The van der Waals surface area contributed by atoms with Gasteiger partial charge in [0.05, 0.1) is 0 Å². The Labute approximate surface area is 290 Å². The molecule has 0 amide bonds. The lowest BCUT2D eigenvalue weighted by Crippen LogP contribution is -2.17. The minimum absolute atomic E-state index is 0.0705. The lowest BCUT2D eigenvalue weighted by molar-refractivity contribution is 0.649. The summed E-state index contributed by atoms with van der Waals surface area (Å²) in [7, 11) is 0. The van der Waals surface area contributed by atoms with Crippen LogP contribution in [0.1, 0.15) is 86.1 Å². The summed E-state index contributed by atoms with van der Waals surface area (Å²) < 4.78 is 0. The second-order valence-electron chi connectivity index (χ2n) is 16.7. The molecule has 7 aromatic rings. The standard InChI is InChI=1S/C49H42/c1-27-17-19-29(20-18-27)34-22-44-46(33-16-12-10-14-31(33)34)38-26-40-36(24-42(38)49(44,7)8)35-23-41-37(25-39(35)47(40,3)4)45-32-15-11-9-13-30(32)28(2)21-43(45)48(41,5)6/h9-26H,1-8H3. The zero-order valence-corrected chi connectivity index (χ0v) is 29.9. The molecule has 0 fully saturated rings. The summed E-state index contributed by atoms with van der Waals surface area (Å²) in [6, 6.07) is 42.4. The van der Waals surface area contributed by atoms with Crippen molar-refractivity contribution in [2.75, 3.05) is 0 Å². The average molecular weight is 631 g/mol. The van der Waals surface area contributed by atoms with Gasteiger partial charge in [0.25, 0.3) is 0 Å². The zero-order chi connectivity index (χ0) is 33.8. The van der Waals surface area contributed by atoms with Gasteiger partial charge in [-0.1, -0.05) is 126 Å². The molecule has 0 unspecified atom stereocenters. The molecule has 49 heavy (non-hydrogen) atoms. The molecule has 0 saturated carbocycles. The minimum atomic E-state index is -0.126. The molecule has 0 N–H and O–H groups in total. The zero-order valence-electron chi connectivity index (χ0n) is 29.9. The fraction of sp³-hybridized carbons (Fsp3) is 0.224. The number of hydrogen-bond acceptors (Lipinski definition) is 0. The predicted octanol–water partition coefficient (Wildman–Crippen LogP) is 13.2. The molecule has 0 bridgehead atoms. The summed E-state index contributed by atoms with van der Waals surface area (Å²) in [5.41, 5.74) is 22.2. The van der Waals surface area contributed by atoms with Crippen LogP contribution in [0.2, 0.25) is 0 Å². The van der Waals surface area contributed by atoms with Crippen LogP contribution in [0.3, 0.4) is 0 Å². The first-order valence-corrected chi connectivity index (χ1v) is 17.9. The highest BCUT2D eigenvalue weighted by molar-refractivity contribution is 6.10. The Morgan fingerprint density at radius 3 is 1.29 bits per heavy atom. The molecule has 0 aromatic heterocycles. The van der Waals surface area contributed by atoms with Crippen LogP contribution in [-0.4, -0.2) is 0 Å². The van der Waals surface area contributed by atoms with Crippen molar-refractivity contribution in [3.05, 3.63) is 154 Å². The maximum Gasteiger partial charge on any atom is 0.0159 e. The number of aryl methyl sites for hydroxylation is 2. The molecule has 3 aliphatic carbocycles. The molecule has 238 valence electrons. The molecule has 0 radical (unpaired) electrons. The topological polar surface area (TPSA) is 0 Å². The summed E-state index contributed by atoms with van der Waals surface area (Å²) in [4.78, 5) is 0. The van der Waals surface area contributed by atoms with E-state index in [-0.39, 0.29) is 16.2 Å². The summed E-state index contributed by atoms with van der Waals surface area (Å²) >= 11 is 0. The van der Waals surface area contributed by atoms with Crippen LogP contribution in [0.15, 0.2) is 109 Å². The SMILES string of the molecule is Cc1ccc(-c2cc3c(c4ccccc24)-c2cc4c(cc2C3(C)C)-c2cc3c(cc2C4(C)C)-c2c(cc(C)c4ccccc24)C3(C)C)cc1. The molecule has 7 aromatic carbocycles. The fourth-order valence-electron chi connectivity index (χ4n) is 10.0. The molecule has 0 heteroatoms. The third-order valence-corrected chi connectivity index (χ3v) is 12.8. The van der Waals surface area contributed by atoms with E-state index >= 15 is 0 Å². The van der Waals surface area contributed by atoms with Crippen molar-refractivity contribution >= 4 is 21.5 Å². The van der Waals surface area contributed by atoms with Crippen LogP contribution >= 0.6 is 0 Å². The number of benzene rings is 7. The van der Waals surface area contributed by atoms with Gasteiger partial charge in [0.1, 0.15) is 0 Å². The van der Waals surface area contributed by atoms with Crippen LogP contribution in [-0.2, 0) is 16.2 Å². The third-order valence-electron chi connectivity index (χ3n) is 12.8. The van der Waals surface area contributed by atoms with Crippen molar-refractivity contribution in [3.8, 4) is 44.5 Å². The number of fused-ring (bicyclic) bond motifs is 13. The third kappa shape index (κ3) is 3.55. The summed E-state index contributed by atoms with van der Waals surface area (Å²) in [6.07, 6.45) is 0. The smallest absolute Gasteiger partial charge is 0.0159 e. The van der Waals surface area contributed by atoms with E-state index in [1.54, 1.807) is 0 Å². The van der Waals surface area contributed by atoms with Crippen molar-refractivity contribution in [1.29, 1.82) is 0 Å². The normalized spacial score (nSPS) is 16.7. The van der Waals surface area contributed by atoms with Crippen molar-refractivity contribution in [2.24, 2.45) is 0 Å². The van der Waals surface area contributed by atoms with Crippen LogP contribution in [0.25, 0.3) is 66.1 Å². The van der Waals surface area contributed by atoms with Gasteiger partial charge in [-0.15, -0.1) is 0 Å². The van der Waals surface area contributed by atoms with Crippen molar-refractivity contribution in [2.45, 2.75) is 71.6 Å². The van der Waals surface area contributed by atoms with Gasteiger partial charge in [-0.3, -0.25) is 0 Å². The first-order chi connectivity index (χ1) is 23.4. The van der Waals surface area contributed by atoms with Gasteiger partial charge in [-0.05, 0) is 149 Å². The highest BCUT2D eigenvalue weighted by atomic mass is 14.5. The van der Waals surface area contributed by atoms with E-state index < -0.39 is 0 Å². The largest absolute Gasteiger partial charge is 0.0616 e. The van der Waals surface area contributed by atoms with Crippen LogP contribution in [0, 0.1) is 13.8 Å². The molecule has 0 atom stereocenters. The quantitative estimate of drug-likeness (QED) is 0.169. The Hall–Kier alpha value is -4.94. The van der Waals surface area contributed by atoms with Gasteiger partial charge in [0, 0.05) is 16.2 Å². The highest BCUT2D eigenvalue weighted by Gasteiger charge is 2.45. The Balaban J connectivity index is 1.22. The highest BCUT2D eigenvalue weighted by Crippen LogP contribution is 2.61. The second kappa shape index (κ2) is 9.19. The van der Waals surface area contributed by atoms with Crippen LogP contribution < -0.4 is 0 Å². The molecule has 0 aliphatic heterocycles. The van der Waals surface area contributed by atoms with E-state index in [1.807, 2.05) is 0 Å². The first-order valence-electron chi connectivity index (χ1n) is 17.9. The van der Waals surface area contributed by atoms with E-state index in [0.717, 1.165) is 0 Å². The maximum absolute atomic E-state index is 2.58.